The molecule has 6 heteroatoms. The lowest BCUT2D eigenvalue weighted by molar-refractivity contribution is 1.29. The van der Waals surface area contributed by atoms with Crippen LogP contribution < -0.4 is 11.3 Å². The molecule has 68 valence electrons. The van der Waals surface area contributed by atoms with Gasteiger partial charge in [0.15, 0.2) is 5.13 Å². The maximum Gasteiger partial charge on any atom is 0.197 e. The Bertz CT molecular complexity index is 409. The Hall–Kier alpha value is -0.620. The number of hydrazine groups is 1. The van der Waals surface area contributed by atoms with Crippen LogP contribution in [-0.2, 0) is 0 Å². The molecule has 0 aliphatic heterocycles. The normalized spacial score (nSPS) is 10.3. The molecule has 0 amide bonds. The SMILES string of the molecule is NNc1nc(-c2csc(Cl)c2)cs1. The maximum absolute atomic E-state index is 5.80. The highest BCUT2D eigenvalue weighted by Gasteiger charge is 2.05. The van der Waals surface area contributed by atoms with Gasteiger partial charge in [0.2, 0.25) is 0 Å². The van der Waals surface area contributed by atoms with Crippen LogP contribution in [0.5, 0.6) is 0 Å². The van der Waals surface area contributed by atoms with Crippen LogP contribution in [0.4, 0.5) is 5.13 Å². The molecule has 0 atom stereocenters. The van der Waals surface area contributed by atoms with Crippen LogP contribution >= 0.6 is 34.3 Å². The van der Waals surface area contributed by atoms with Crippen molar-refractivity contribution in [3.63, 3.8) is 0 Å². The number of rotatable bonds is 2. The number of nitrogen functional groups attached to an aromatic ring is 1. The summed E-state index contributed by atoms with van der Waals surface area (Å²) in [6.07, 6.45) is 0. The second kappa shape index (κ2) is 3.63. The molecule has 3 N–H and O–H groups in total. The van der Waals surface area contributed by atoms with E-state index in [1.807, 2.05) is 16.8 Å². The summed E-state index contributed by atoms with van der Waals surface area (Å²) in [5.74, 6) is 5.22. The highest BCUT2D eigenvalue weighted by atomic mass is 35.5. The number of halogens is 1. The first-order valence-corrected chi connectivity index (χ1v) is 5.60. The molecule has 2 aromatic rings. The molecular weight excluding hydrogens is 226 g/mol. The van der Waals surface area contributed by atoms with E-state index in [-0.39, 0.29) is 0 Å². The minimum absolute atomic E-state index is 0.706. The molecule has 0 unspecified atom stereocenters. The smallest absolute Gasteiger partial charge is 0.197 e. The standard InChI is InChI=1S/C7H6ClN3S2/c8-6-1-4(2-12-6)5-3-13-7(10-5)11-9/h1-3H,9H2,(H,10,11). The Morgan fingerprint density at radius 1 is 1.38 bits per heavy atom. The van der Waals surface area contributed by atoms with E-state index in [9.17, 15) is 0 Å². The highest BCUT2D eigenvalue weighted by Crippen LogP contribution is 2.30. The van der Waals surface area contributed by atoms with E-state index >= 15 is 0 Å². The minimum atomic E-state index is 0.706. The monoisotopic (exact) mass is 231 g/mol. The Balaban J connectivity index is 2.35. The lowest BCUT2D eigenvalue weighted by Gasteiger charge is -1.89. The van der Waals surface area contributed by atoms with Gasteiger partial charge in [-0.1, -0.05) is 11.6 Å². The van der Waals surface area contributed by atoms with E-state index in [4.69, 9.17) is 17.4 Å². The first-order chi connectivity index (χ1) is 6.29. The molecule has 0 spiro atoms. The third kappa shape index (κ3) is 1.83. The van der Waals surface area contributed by atoms with E-state index in [1.165, 1.54) is 22.7 Å². The van der Waals surface area contributed by atoms with Gasteiger partial charge in [-0.05, 0) is 6.07 Å². The number of aromatic nitrogens is 1. The van der Waals surface area contributed by atoms with Gasteiger partial charge in [0, 0.05) is 16.3 Å². The average Bonchev–Trinajstić information content (AvgIpc) is 2.71. The van der Waals surface area contributed by atoms with Gasteiger partial charge in [-0.3, -0.25) is 5.43 Å². The zero-order chi connectivity index (χ0) is 9.26. The van der Waals surface area contributed by atoms with Crippen LogP contribution in [0.1, 0.15) is 0 Å². The quantitative estimate of drug-likeness (QED) is 0.617. The molecule has 0 aliphatic carbocycles. The van der Waals surface area contributed by atoms with Crippen molar-refractivity contribution in [2.45, 2.75) is 0 Å². The number of nitrogens with one attached hydrogen (secondary N) is 1. The molecule has 0 radical (unpaired) electrons. The molecule has 0 aliphatic rings. The van der Waals surface area contributed by atoms with E-state index in [1.54, 1.807) is 0 Å². The third-order valence-electron chi connectivity index (χ3n) is 1.49. The summed E-state index contributed by atoms with van der Waals surface area (Å²) in [7, 11) is 0. The summed E-state index contributed by atoms with van der Waals surface area (Å²) < 4.78 is 0.769. The van der Waals surface area contributed by atoms with E-state index in [0.717, 1.165) is 15.6 Å². The van der Waals surface area contributed by atoms with Crippen molar-refractivity contribution in [2.24, 2.45) is 5.84 Å². The molecule has 0 saturated carbocycles. The molecular formula is C7H6ClN3S2. The van der Waals surface area contributed by atoms with E-state index in [0.29, 0.717) is 5.13 Å². The van der Waals surface area contributed by atoms with Gasteiger partial charge in [-0.15, -0.1) is 22.7 Å². The van der Waals surface area contributed by atoms with Crippen LogP contribution in [0, 0.1) is 0 Å². The summed E-state index contributed by atoms with van der Waals surface area (Å²) in [6.45, 7) is 0. The fraction of sp³-hybridized carbons (Fsp3) is 0. The molecule has 3 nitrogen and oxygen atoms in total. The van der Waals surface area contributed by atoms with Gasteiger partial charge >= 0.3 is 0 Å². The van der Waals surface area contributed by atoms with E-state index in [2.05, 4.69) is 10.4 Å². The summed E-state index contributed by atoms with van der Waals surface area (Å²) in [4.78, 5) is 4.24. The van der Waals surface area contributed by atoms with Crippen molar-refractivity contribution in [3.05, 3.63) is 21.2 Å². The summed E-state index contributed by atoms with van der Waals surface area (Å²) >= 11 is 8.77. The van der Waals surface area contributed by atoms with Crippen molar-refractivity contribution in [1.29, 1.82) is 0 Å². The molecule has 0 bridgehead atoms. The molecule has 2 rings (SSSR count). The number of hydrogen-bond acceptors (Lipinski definition) is 5. The van der Waals surface area contributed by atoms with Gasteiger partial charge in [0.05, 0.1) is 10.0 Å². The number of nitrogens with zero attached hydrogens (tertiary/aromatic N) is 1. The summed E-state index contributed by atoms with van der Waals surface area (Å²) in [5.41, 5.74) is 4.44. The van der Waals surface area contributed by atoms with Crippen LogP contribution in [-0.4, -0.2) is 4.98 Å². The van der Waals surface area contributed by atoms with Crippen LogP contribution in [0.15, 0.2) is 16.8 Å². The molecule has 0 saturated heterocycles. The Kier molecular flexibility index (Phi) is 2.50. The number of thiazole rings is 1. The lowest BCUT2D eigenvalue weighted by Crippen LogP contribution is -2.05. The van der Waals surface area contributed by atoms with Crippen LogP contribution in [0.2, 0.25) is 4.34 Å². The first kappa shape index (κ1) is 8.96. The van der Waals surface area contributed by atoms with Crippen LogP contribution in [0.3, 0.4) is 0 Å². The number of nitrogens with two attached hydrogens (primary N) is 1. The topological polar surface area (TPSA) is 50.9 Å². The number of hydrogen-bond donors (Lipinski definition) is 2. The second-order valence-corrected chi connectivity index (χ2v) is 4.72. The van der Waals surface area contributed by atoms with Gasteiger partial charge in [0.1, 0.15) is 0 Å². The van der Waals surface area contributed by atoms with Crippen molar-refractivity contribution in [2.75, 3.05) is 5.43 Å². The van der Waals surface area contributed by atoms with Gasteiger partial charge in [0.25, 0.3) is 0 Å². The van der Waals surface area contributed by atoms with E-state index < -0.39 is 0 Å². The zero-order valence-corrected chi connectivity index (χ0v) is 8.84. The largest absolute Gasteiger partial charge is 0.300 e. The van der Waals surface area contributed by atoms with Gasteiger partial charge < -0.3 is 0 Å². The van der Waals surface area contributed by atoms with Crippen molar-refractivity contribution >= 4 is 39.4 Å². The zero-order valence-electron chi connectivity index (χ0n) is 6.45. The van der Waals surface area contributed by atoms with Crippen molar-refractivity contribution in [3.8, 4) is 11.3 Å². The van der Waals surface area contributed by atoms with Gasteiger partial charge in [-0.2, -0.15) is 0 Å². The second-order valence-electron chi connectivity index (χ2n) is 2.32. The number of thiophene rings is 1. The average molecular weight is 232 g/mol. The fourth-order valence-corrected chi connectivity index (χ4v) is 2.42. The molecule has 2 aromatic heterocycles. The van der Waals surface area contributed by atoms with Crippen molar-refractivity contribution in [1.82, 2.24) is 4.98 Å². The Labute approximate surface area is 88.2 Å². The third-order valence-corrected chi connectivity index (χ3v) is 3.36. The molecule has 0 fully saturated rings. The summed E-state index contributed by atoms with van der Waals surface area (Å²) in [6, 6.07) is 1.89. The molecule has 2 heterocycles. The van der Waals surface area contributed by atoms with Crippen molar-refractivity contribution < 1.29 is 0 Å². The number of anilines is 1. The molecule has 0 aromatic carbocycles. The maximum atomic E-state index is 5.80. The minimum Gasteiger partial charge on any atom is -0.300 e. The Morgan fingerprint density at radius 3 is 2.77 bits per heavy atom. The summed E-state index contributed by atoms with van der Waals surface area (Å²) in [5, 5.41) is 4.61. The predicted molar refractivity (Wildman–Crippen MR) is 58.2 cm³/mol. The lowest BCUT2D eigenvalue weighted by atomic mass is 10.3. The fourth-order valence-electron chi connectivity index (χ4n) is 0.917. The first-order valence-electron chi connectivity index (χ1n) is 3.46. The highest BCUT2D eigenvalue weighted by molar-refractivity contribution is 7.15. The Morgan fingerprint density at radius 2 is 2.23 bits per heavy atom. The molecule has 13 heavy (non-hydrogen) atoms. The van der Waals surface area contributed by atoms with Crippen LogP contribution in [0.25, 0.3) is 11.3 Å². The van der Waals surface area contributed by atoms with Gasteiger partial charge in [-0.25, -0.2) is 10.8 Å². The predicted octanol–water partition coefficient (Wildman–Crippen LogP) is 2.81.